The van der Waals surface area contributed by atoms with Crippen LogP contribution in [-0.2, 0) is 16.3 Å². The number of benzene rings is 1. The Morgan fingerprint density at radius 1 is 1.38 bits per heavy atom. The number of hydrogen-bond acceptors (Lipinski definition) is 3. The van der Waals surface area contributed by atoms with Gasteiger partial charge in [-0.15, -0.1) is 0 Å². The maximum absolute atomic E-state index is 12.1. The van der Waals surface area contributed by atoms with Crippen LogP contribution >= 0.6 is 0 Å². The van der Waals surface area contributed by atoms with Crippen LogP contribution in [0, 0.1) is 4.78 Å². The zero-order chi connectivity index (χ0) is 11.8. The molecule has 0 amide bonds. The van der Waals surface area contributed by atoms with Crippen molar-refractivity contribution in [2.45, 2.75) is 25.5 Å². The van der Waals surface area contributed by atoms with Gasteiger partial charge in [-0.3, -0.25) is 0 Å². The molecule has 86 valence electrons. The molecular formula is C11H15N3OS. The van der Waals surface area contributed by atoms with Crippen LogP contribution in [0.15, 0.2) is 29.4 Å². The molecule has 1 heterocycles. The molecule has 2 aromatic rings. The summed E-state index contributed by atoms with van der Waals surface area (Å²) in [5.74, 6) is 0.302. The minimum Gasteiger partial charge on any atom is -0.316 e. The molecule has 4 nitrogen and oxygen atoms in total. The van der Waals surface area contributed by atoms with Crippen molar-refractivity contribution < 1.29 is 4.21 Å². The molecule has 0 fully saturated rings. The maximum Gasteiger partial charge on any atom is 0.208 e. The van der Waals surface area contributed by atoms with Crippen LogP contribution in [0.1, 0.15) is 13.8 Å². The van der Waals surface area contributed by atoms with E-state index in [1.165, 1.54) is 0 Å². The molecule has 0 aliphatic carbocycles. The van der Waals surface area contributed by atoms with Gasteiger partial charge >= 0.3 is 0 Å². The molecule has 0 unspecified atom stereocenters. The Hall–Kier alpha value is -1.36. The van der Waals surface area contributed by atoms with Crippen LogP contribution in [0.25, 0.3) is 11.0 Å². The van der Waals surface area contributed by atoms with Gasteiger partial charge in [-0.05, 0) is 19.1 Å². The highest BCUT2D eigenvalue weighted by atomic mass is 32.2. The summed E-state index contributed by atoms with van der Waals surface area (Å²) in [7, 11) is -2.75. The lowest BCUT2D eigenvalue weighted by molar-refractivity contribution is 0.640. The molecule has 0 aliphatic heterocycles. The van der Waals surface area contributed by atoms with E-state index in [9.17, 15) is 4.21 Å². The topological polar surface area (TPSA) is 58.7 Å². The van der Waals surface area contributed by atoms with Crippen LogP contribution in [0.2, 0.25) is 0 Å². The predicted octanol–water partition coefficient (Wildman–Crippen LogP) is 2.48. The lowest BCUT2D eigenvalue weighted by Crippen LogP contribution is -2.10. The number of fused-ring (bicyclic) bond motifs is 1. The quantitative estimate of drug-likeness (QED) is 0.891. The second kappa shape index (κ2) is 3.90. The highest BCUT2D eigenvalue weighted by Crippen LogP contribution is 2.20. The standard InChI is InChI=1S/C11H15N3OS/c1-3-14-10-8-6-5-7-9(10)13-11(14)16(12,15)4-2/h5-8,12H,3-4H2,1-2H3/t16-/m0/s1. The Labute approximate surface area is 95.3 Å². The summed E-state index contributed by atoms with van der Waals surface area (Å²) in [6, 6.07) is 7.66. The molecule has 1 aromatic heterocycles. The van der Waals surface area contributed by atoms with Gasteiger partial charge in [0.2, 0.25) is 5.16 Å². The summed E-state index contributed by atoms with van der Waals surface area (Å²) in [6.45, 7) is 4.42. The van der Waals surface area contributed by atoms with E-state index in [-0.39, 0.29) is 0 Å². The molecule has 0 saturated heterocycles. The van der Waals surface area contributed by atoms with E-state index in [0.29, 0.717) is 17.5 Å². The first-order valence-electron chi connectivity index (χ1n) is 5.32. The second-order valence-electron chi connectivity index (χ2n) is 3.59. The summed E-state index contributed by atoms with van der Waals surface area (Å²) in [5.41, 5.74) is 1.77. The molecule has 0 aliphatic rings. The van der Waals surface area contributed by atoms with Crippen molar-refractivity contribution in [3.8, 4) is 0 Å². The summed E-state index contributed by atoms with van der Waals surface area (Å²) in [4.78, 5) is 4.33. The van der Waals surface area contributed by atoms with E-state index in [4.69, 9.17) is 4.78 Å². The maximum atomic E-state index is 12.1. The number of aromatic nitrogens is 2. The highest BCUT2D eigenvalue weighted by Gasteiger charge is 2.17. The zero-order valence-electron chi connectivity index (χ0n) is 9.43. The molecule has 2 rings (SSSR count). The first-order valence-corrected chi connectivity index (χ1v) is 7.04. The zero-order valence-corrected chi connectivity index (χ0v) is 10.3. The van der Waals surface area contributed by atoms with Crippen molar-refractivity contribution in [3.63, 3.8) is 0 Å². The fourth-order valence-corrected chi connectivity index (χ4v) is 2.83. The Balaban J connectivity index is 2.81. The first-order chi connectivity index (χ1) is 7.60. The molecule has 1 atom stereocenters. The largest absolute Gasteiger partial charge is 0.316 e. The van der Waals surface area contributed by atoms with E-state index in [0.717, 1.165) is 11.0 Å². The van der Waals surface area contributed by atoms with Crippen molar-refractivity contribution in [2.75, 3.05) is 5.75 Å². The minimum atomic E-state index is -2.75. The second-order valence-corrected chi connectivity index (χ2v) is 5.88. The van der Waals surface area contributed by atoms with E-state index >= 15 is 0 Å². The van der Waals surface area contributed by atoms with E-state index in [1.807, 2.05) is 35.8 Å². The Kier molecular flexibility index (Phi) is 2.71. The lowest BCUT2D eigenvalue weighted by Gasteiger charge is -2.07. The smallest absolute Gasteiger partial charge is 0.208 e. The van der Waals surface area contributed by atoms with Gasteiger partial charge in [-0.25, -0.2) is 14.0 Å². The van der Waals surface area contributed by atoms with Gasteiger partial charge in [0.1, 0.15) is 9.73 Å². The number of rotatable bonds is 3. The number of nitrogens with one attached hydrogen (secondary N) is 1. The molecule has 5 heteroatoms. The fourth-order valence-electron chi connectivity index (χ4n) is 1.74. The van der Waals surface area contributed by atoms with Gasteiger partial charge in [-0.2, -0.15) is 0 Å². The number of nitrogens with zero attached hydrogens (tertiary/aromatic N) is 2. The number of hydrogen-bond donors (Lipinski definition) is 1. The Morgan fingerprint density at radius 2 is 2.06 bits per heavy atom. The van der Waals surface area contributed by atoms with Gasteiger partial charge in [0.25, 0.3) is 0 Å². The van der Waals surface area contributed by atoms with Gasteiger partial charge in [-0.1, -0.05) is 19.1 Å². The molecule has 1 aromatic carbocycles. The predicted molar refractivity (Wildman–Crippen MR) is 65.1 cm³/mol. The summed E-state index contributed by atoms with van der Waals surface area (Å²) >= 11 is 0. The van der Waals surface area contributed by atoms with Crippen molar-refractivity contribution in [3.05, 3.63) is 24.3 Å². The van der Waals surface area contributed by atoms with Gasteiger partial charge in [0, 0.05) is 12.3 Å². The number of imidazole rings is 1. The SMILES string of the molecule is CCn1c([S@@](=N)(=O)CC)nc2ccccc21. The Morgan fingerprint density at radius 3 is 2.69 bits per heavy atom. The lowest BCUT2D eigenvalue weighted by atomic mass is 10.3. The first kappa shape index (κ1) is 11.1. The van der Waals surface area contributed by atoms with Gasteiger partial charge < -0.3 is 4.57 Å². The van der Waals surface area contributed by atoms with E-state index in [1.54, 1.807) is 6.92 Å². The molecule has 0 bridgehead atoms. The highest BCUT2D eigenvalue weighted by molar-refractivity contribution is 7.92. The van der Waals surface area contributed by atoms with E-state index < -0.39 is 9.73 Å². The molecule has 16 heavy (non-hydrogen) atoms. The minimum absolute atomic E-state index is 0.302. The van der Waals surface area contributed by atoms with E-state index in [2.05, 4.69) is 4.98 Å². The van der Waals surface area contributed by atoms with Crippen LogP contribution in [-0.4, -0.2) is 19.5 Å². The average molecular weight is 237 g/mol. The molecule has 0 radical (unpaired) electrons. The summed E-state index contributed by atoms with van der Waals surface area (Å²) in [6.07, 6.45) is 0. The third-order valence-electron chi connectivity index (χ3n) is 2.64. The average Bonchev–Trinajstić information content (AvgIpc) is 2.68. The van der Waals surface area contributed by atoms with Gasteiger partial charge in [0.05, 0.1) is 11.0 Å². The van der Waals surface area contributed by atoms with Gasteiger partial charge in [0.15, 0.2) is 0 Å². The molecule has 0 saturated carbocycles. The monoisotopic (exact) mass is 237 g/mol. The van der Waals surface area contributed by atoms with Crippen molar-refractivity contribution >= 4 is 20.8 Å². The third-order valence-corrected chi connectivity index (χ3v) is 4.35. The molecule has 1 N–H and O–H groups in total. The molecule has 0 spiro atoms. The van der Waals surface area contributed by atoms with Crippen LogP contribution in [0.4, 0.5) is 0 Å². The van der Waals surface area contributed by atoms with Crippen molar-refractivity contribution in [1.29, 1.82) is 4.78 Å². The van der Waals surface area contributed by atoms with Crippen LogP contribution < -0.4 is 0 Å². The summed E-state index contributed by atoms with van der Waals surface area (Å²) in [5, 5.41) is 0.402. The Bertz CT molecular complexity index is 613. The third kappa shape index (κ3) is 1.61. The summed E-state index contributed by atoms with van der Waals surface area (Å²) < 4.78 is 21.8. The van der Waals surface area contributed by atoms with Crippen molar-refractivity contribution in [2.24, 2.45) is 0 Å². The van der Waals surface area contributed by atoms with Crippen LogP contribution in [0.3, 0.4) is 0 Å². The fraction of sp³-hybridized carbons (Fsp3) is 0.364. The normalized spacial score (nSPS) is 15.1. The number of aryl methyl sites for hydroxylation is 1. The van der Waals surface area contributed by atoms with Crippen LogP contribution in [0.5, 0.6) is 0 Å². The molecular weight excluding hydrogens is 222 g/mol. The number of para-hydroxylation sites is 2. The van der Waals surface area contributed by atoms with Crippen molar-refractivity contribution in [1.82, 2.24) is 9.55 Å².